The van der Waals surface area contributed by atoms with Crippen LogP contribution in [0.5, 0.6) is 0 Å². The van der Waals surface area contributed by atoms with E-state index in [0.717, 1.165) is 17.2 Å². The fourth-order valence-electron chi connectivity index (χ4n) is 4.16. The molecule has 0 bridgehead atoms. The van der Waals surface area contributed by atoms with Gasteiger partial charge in [0.2, 0.25) is 0 Å². The molecular formula is C28H30GeO4S. The number of rotatable bonds is 7. The molecule has 0 amide bonds. The zero-order valence-corrected chi connectivity index (χ0v) is 22.1. The molecule has 0 heterocycles. The van der Waals surface area contributed by atoms with Gasteiger partial charge < -0.3 is 0 Å². The van der Waals surface area contributed by atoms with Gasteiger partial charge in [-0.3, -0.25) is 4.55 Å². The minimum absolute atomic E-state index is 0.0666. The van der Waals surface area contributed by atoms with Crippen LogP contribution in [0.4, 0.5) is 0 Å². The van der Waals surface area contributed by atoms with Crippen molar-refractivity contribution in [1.82, 2.24) is 0 Å². The van der Waals surface area contributed by atoms with E-state index in [1.54, 1.807) is 12.1 Å². The first-order valence-corrected chi connectivity index (χ1v) is 17.3. The minimum atomic E-state index is -4.02. The van der Waals surface area contributed by atoms with Crippen LogP contribution in [0.25, 0.3) is 0 Å². The number of aryl methyl sites for hydroxylation is 1. The van der Waals surface area contributed by atoms with Crippen LogP contribution in [0.2, 0.25) is 5.25 Å². The fourth-order valence-corrected chi connectivity index (χ4v) is 14.8. The maximum absolute atomic E-state index is 10.5. The van der Waals surface area contributed by atoms with Crippen LogP contribution in [0.1, 0.15) is 12.0 Å². The first kappa shape index (κ1) is 25.9. The summed E-state index contributed by atoms with van der Waals surface area (Å²) in [6.45, 7) is 2.09. The molecule has 0 unspecified atom stereocenters. The van der Waals surface area contributed by atoms with E-state index in [1.807, 2.05) is 6.92 Å². The van der Waals surface area contributed by atoms with E-state index in [-0.39, 0.29) is 11.5 Å². The molecule has 0 spiro atoms. The molecule has 0 aliphatic carbocycles. The Morgan fingerprint density at radius 1 is 0.647 bits per heavy atom. The Morgan fingerprint density at radius 2 is 1.03 bits per heavy atom. The van der Waals surface area contributed by atoms with Crippen LogP contribution < -0.4 is 13.2 Å². The molecule has 0 saturated carbocycles. The van der Waals surface area contributed by atoms with E-state index >= 15 is 0 Å². The van der Waals surface area contributed by atoms with Crippen molar-refractivity contribution in [3.63, 3.8) is 0 Å². The maximum atomic E-state index is 10.5. The van der Waals surface area contributed by atoms with Crippen LogP contribution in [0.15, 0.2) is 120 Å². The molecule has 0 saturated heterocycles. The van der Waals surface area contributed by atoms with E-state index < -0.39 is 23.4 Å². The topological polar surface area (TPSA) is 74.6 Å². The normalized spacial score (nSPS) is 11.4. The summed E-state index contributed by atoms with van der Waals surface area (Å²) in [6.07, 6.45) is 0.846. The van der Waals surface area contributed by atoms with E-state index in [0.29, 0.717) is 0 Å². The average molecular weight is 535 g/mol. The van der Waals surface area contributed by atoms with Gasteiger partial charge in [-0.25, -0.2) is 0 Å². The summed E-state index contributed by atoms with van der Waals surface area (Å²) in [5.41, 5.74) is 0.956. The molecule has 4 rings (SSSR count). The van der Waals surface area contributed by atoms with Crippen LogP contribution in [0, 0.1) is 6.92 Å². The Labute approximate surface area is 205 Å². The third kappa shape index (κ3) is 6.45. The number of aliphatic hydroxyl groups is 1. The van der Waals surface area contributed by atoms with Gasteiger partial charge in [0.1, 0.15) is 0 Å². The van der Waals surface area contributed by atoms with E-state index in [9.17, 15) is 13.5 Å². The summed E-state index contributed by atoms with van der Waals surface area (Å²) in [6, 6.07) is 38.7. The van der Waals surface area contributed by atoms with Crippen molar-refractivity contribution in [2.24, 2.45) is 0 Å². The summed E-state index contributed by atoms with van der Waals surface area (Å²) >= 11 is -2.76. The second-order valence-corrected chi connectivity index (χ2v) is 18.0. The van der Waals surface area contributed by atoms with E-state index in [2.05, 4.69) is 91.0 Å². The second kappa shape index (κ2) is 12.1. The third-order valence-corrected chi connectivity index (χ3v) is 17.3. The fraction of sp³-hybridized carbons (Fsp3) is 0.143. The Bertz CT molecular complexity index is 1150. The molecule has 0 aromatic heterocycles. The van der Waals surface area contributed by atoms with Crippen LogP contribution in [-0.4, -0.2) is 38.0 Å². The zero-order chi connectivity index (χ0) is 24.4. The van der Waals surface area contributed by atoms with Gasteiger partial charge in [0.05, 0.1) is 4.90 Å². The first-order valence-electron chi connectivity index (χ1n) is 11.2. The SMILES string of the molecule is Cc1ccc(S(=O)(=O)O)cc1.OCC[CH2][Ge]([c]1ccccc1)([c]1ccccc1)[c]1ccccc1. The molecule has 0 aliphatic heterocycles. The molecule has 6 heteroatoms. The summed E-state index contributed by atoms with van der Waals surface area (Å²) < 4.78 is 33.9. The second-order valence-electron chi connectivity index (χ2n) is 8.12. The van der Waals surface area contributed by atoms with Gasteiger partial charge in [-0.2, -0.15) is 8.42 Å². The molecule has 0 radical (unpaired) electrons. The molecule has 4 aromatic carbocycles. The van der Waals surface area contributed by atoms with Crippen LogP contribution in [0.3, 0.4) is 0 Å². The van der Waals surface area contributed by atoms with Gasteiger partial charge in [0, 0.05) is 0 Å². The number of hydrogen-bond donors (Lipinski definition) is 2. The van der Waals surface area contributed by atoms with Crippen molar-refractivity contribution in [3.8, 4) is 0 Å². The molecule has 0 atom stereocenters. The van der Waals surface area contributed by atoms with Crippen molar-refractivity contribution in [2.75, 3.05) is 6.61 Å². The Morgan fingerprint density at radius 3 is 1.35 bits per heavy atom. The predicted octanol–water partition coefficient (Wildman–Crippen LogP) is 3.78. The molecular weight excluding hydrogens is 505 g/mol. The van der Waals surface area contributed by atoms with Gasteiger partial charge >= 0.3 is 141 Å². The van der Waals surface area contributed by atoms with Crippen LogP contribution in [-0.2, 0) is 10.1 Å². The van der Waals surface area contributed by atoms with E-state index in [4.69, 9.17) is 4.55 Å². The van der Waals surface area contributed by atoms with Crippen molar-refractivity contribution < 1.29 is 18.1 Å². The van der Waals surface area contributed by atoms with Gasteiger partial charge in [-0.05, 0) is 19.1 Å². The first-order chi connectivity index (χ1) is 16.4. The molecule has 0 fully saturated rings. The molecule has 2 N–H and O–H groups in total. The Hall–Kier alpha value is -2.71. The van der Waals surface area contributed by atoms with Crippen LogP contribution >= 0.6 is 0 Å². The van der Waals surface area contributed by atoms with Crippen molar-refractivity contribution in [3.05, 3.63) is 121 Å². The summed E-state index contributed by atoms with van der Waals surface area (Å²) in [5.74, 6) is 0. The third-order valence-electron chi connectivity index (χ3n) is 5.83. The molecule has 0 aliphatic rings. The van der Waals surface area contributed by atoms with Gasteiger partial charge in [-0.15, -0.1) is 0 Å². The monoisotopic (exact) mass is 536 g/mol. The summed E-state index contributed by atoms with van der Waals surface area (Å²) in [5, 5.41) is 10.6. The summed E-state index contributed by atoms with van der Waals surface area (Å²) in [7, 11) is -4.02. The molecule has 4 aromatic rings. The Kier molecular flexibility index (Phi) is 9.24. The number of hydrogen-bond acceptors (Lipinski definition) is 3. The van der Waals surface area contributed by atoms with Gasteiger partial charge in [0.25, 0.3) is 10.1 Å². The van der Waals surface area contributed by atoms with E-state index in [1.165, 1.54) is 25.3 Å². The van der Waals surface area contributed by atoms with Gasteiger partial charge in [-0.1, -0.05) is 17.7 Å². The number of benzene rings is 4. The predicted molar refractivity (Wildman–Crippen MR) is 141 cm³/mol. The quantitative estimate of drug-likeness (QED) is 0.279. The van der Waals surface area contributed by atoms with Gasteiger partial charge in [0.15, 0.2) is 0 Å². The molecule has 176 valence electrons. The number of aliphatic hydroxyl groups excluding tert-OH is 1. The zero-order valence-electron chi connectivity index (χ0n) is 19.2. The Balaban J connectivity index is 0.000000248. The molecule has 4 nitrogen and oxygen atoms in total. The summed E-state index contributed by atoms with van der Waals surface area (Å²) in [4.78, 5) is -0.0666. The average Bonchev–Trinajstić information content (AvgIpc) is 2.87. The van der Waals surface area contributed by atoms with Crippen molar-refractivity contribution >= 4 is 36.6 Å². The standard InChI is InChI=1S/C21H22GeO.C7H8O3S/c23-18-10-17-22(19-11-4-1-5-12-19,20-13-6-2-7-14-20)21-15-8-3-9-16-21;1-6-2-4-7(5-3-6)11(8,9)10/h1-9,11-16,23H,10,17-18H2;2-5H,1H3,(H,8,9,10). The van der Waals surface area contributed by atoms with Crippen molar-refractivity contribution in [2.45, 2.75) is 23.5 Å². The molecule has 34 heavy (non-hydrogen) atoms. The van der Waals surface area contributed by atoms with Crippen molar-refractivity contribution in [1.29, 1.82) is 0 Å².